The lowest BCUT2D eigenvalue weighted by Gasteiger charge is -2.11. The van der Waals surface area contributed by atoms with E-state index in [9.17, 15) is 4.79 Å². The molecule has 1 aromatic carbocycles. The van der Waals surface area contributed by atoms with E-state index in [0.717, 1.165) is 26.9 Å². The van der Waals surface area contributed by atoms with Gasteiger partial charge in [-0.1, -0.05) is 17.7 Å². The third-order valence-electron chi connectivity index (χ3n) is 2.78. The number of thiophene rings is 1. The van der Waals surface area contributed by atoms with Gasteiger partial charge in [0.1, 0.15) is 4.88 Å². The zero-order valence-corrected chi connectivity index (χ0v) is 14.0. The maximum atomic E-state index is 12.2. The summed E-state index contributed by atoms with van der Waals surface area (Å²) in [6, 6.07) is 4.01. The van der Waals surface area contributed by atoms with Crippen molar-refractivity contribution in [2.75, 3.05) is 5.32 Å². The van der Waals surface area contributed by atoms with Gasteiger partial charge in [-0.15, -0.1) is 11.3 Å². The minimum atomic E-state index is -0.171. The van der Waals surface area contributed by atoms with E-state index in [1.165, 1.54) is 11.3 Å². The molecule has 0 fully saturated rings. The van der Waals surface area contributed by atoms with Crippen LogP contribution in [0.1, 0.15) is 26.4 Å². The zero-order valence-electron chi connectivity index (χ0n) is 10.8. The third kappa shape index (κ3) is 3.02. The second-order valence-corrected chi connectivity index (χ2v) is 6.57. The molecule has 19 heavy (non-hydrogen) atoms. The summed E-state index contributed by atoms with van der Waals surface area (Å²) in [6.07, 6.45) is 0. The summed E-state index contributed by atoms with van der Waals surface area (Å²) in [7, 11) is 0. The SMILES string of the molecule is Cc1cc(C)c(NC(=O)c2scc(C)c2Cl)c(Br)c1. The van der Waals surface area contributed by atoms with Gasteiger partial charge in [0, 0.05) is 4.47 Å². The van der Waals surface area contributed by atoms with Crippen LogP contribution in [0.4, 0.5) is 5.69 Å². The second kappa shape index (κ2) is 5.65. The molecule has 0 aliphatic carbocycles. The van der Waals surface area contributed by atoms with Crippen LogP contribution in [0.5, 0.6) is 0 Å². The van der Waals surface area contributed by atoms with E-state index in [1.807, 2.05) is 38.3 Å². The Hall–Kier alpha value is -0.840. The van der Waals surface area contributed by atoms with Crippen molar-refractivity contribution in [3.05, 3.63) is 48.6 Å². The normalized spacial score (nSPS) is 10.6. The van der Waals surface area contributed by atoms with Crippen LogP contribution < -0.4 is 5.32 Å². The molecular weight excluding hydrogens is 346 g/mol. The molecule has 2 aromatic rings. The van der Waals surface area contributed by atoms with Crippen LogP contribution in [0.15, 0.2) is 22.0 Å². The van der Waals surface area contributed by atoms with Crippen LogP contribution in [0.25, 0.3) is 0 Å². The lowest BCUT2D eigenvalue weighted by Crippen LogP contribution is -2.12. The summed E-state index contributed by atoms with van der Waals surface area (Å²) in [5.41, 5.74) is 3.88. The molecule has 2 nitrogen and oxygen atoms in total. The van der Waals surface area contributed by atoms with Crippen LogP contribution in [0.2, 0.25) is 5.02 Å². The highest BCUT2D eigenvalue weighted by Gasteiger charge is 2.16. The quantitative estimate of drug-likeness (QED) is 0.771. The van der Waals surface area contributed by atoms with E-state index < -0.39 is 0 Å². The molecule has 0 aliphatic rings. The van der Waals surface area contributed by atoms with Crippen molar-refractivity contribution in [3.8, 4) is 0 Å². The topological polar surface area (TPSA) is 29.1 Å². The van der Waals surface area contributed by atoms with Crippen molar-refractivity contribution in [1.82, 2.24) is 0 Å². The smallest absolute Gasteiger partial charge is 0.267 e. The maximum Gasteiger partial charge on any atom is 0.267 e. The first-order chi connectivity index (χ1) is 8.90. The molecule has 0 radical (unpaired) electrons. The van der Waals surface area contributed by atoms with Crippen molar-refractivity contribution in [2.24, 2.45) is 0 Å². The summed E-state index contributed by atoms with van der Waals surface area (Å²) in [4.78, 5) is 12.8. The van der Waals surface area contributed by atoms with E-state index >= 15 is 0 Å². The highest BCUT2D eigenvalue weighted by molar-refractivity contribution is 9.10. The van der Waals surface area contributed by atoms with Gasteiger partial charge in [0.05, 0.1) is 10.7 Å². The monoisotopic (exact) mass is 357 g/mol. The Morgan fingerprint density at radius 2 is 1.95 bits per heavy atom. The maximum absolute atomic E-state index is 12.2. The number of benzene rings is 1. The first-order valence-corrected chi connectivity index (χ1v) is 7.77. The summed E-state index contributed by atoms with van der Waals surface area (Å²) in [5.74, 6) is -0.171. The molecule has 2 rings (SSSR count). The predicted molar refractivity (Wildman–Crippen MR) is 85.6 cm³/mol. The minimum Gasteiger partial charge on any atom is -0.320 e. The number of aryl methyl sites for hydroxylation is 3. The number of anilines is 1. The first kappa shape index (κ1) is 14.6. The van der Waals surface area contributed by atoms with Crippen molar-refractivity contribution < 1.29 is 4.79 Å². The summed E-state index contributed by atoms with van der Waals surface area (Å²) < 4.78 is 0.878. The molecule has 0 bridgehead atoms. The van der Waals surface area contributed by atoms with Crippen molar-refractivity contribution >= 4 is 50.5 Å². The average molecular weight is 359 g/mol. The van der Waals surface area contributed by atoms with Crippen molar-refractivity contribution in [1.29, 1.82) is 0 Å². The van der Waals surface area contributed by atoms with Gasteiger partial charge in [0.2, 0.25) is 0 Å². The number of carbonyl (C=O) groups excluding carboxylic acids is 1. The Kier molecular flexibility index (Phi) is 4.33. The van der Waals surface area contributed by atoms with Gasteiger partial charge in [-0.05, 0) is 64.8 Å². The Morgan fingerprint density at radius 1 is 1.26 bits per heavy atom. The summed E-state index contributed by atoms with van der Waals surface area (Å²) in [5, 5.41) is 5.33. The molecule has 5 heteroatoms. The van der Waals surface area contributed by atoms with Gasteiger partial charge in [0.25, 0.3) is 5.91 Å². The molecule has 0 spiro atoms. The van der Waals surface area contributed by atoms with Crippen molar-refractivity contribution in [2.45, 2.75) is 20.8 Å². The molecule has 1 N–H and O–H groups in total. The van der Waals surface area contributed by atoms with Gasteiger partial charge in [-0.25, -0.2) is 0 Å². The van der Waals surface area contributed by atoms with Crippen molar-refractivity contribution in [3.63, 3.8) is 0 Å². The second-order valence-electron chi connectivity index (χ2n) is 4.45. The molecular formula is C14H13BrClNOS. The van der Waals surface area contributed by atoms with E-state index in [0.29, 0.717) is 9.90 Å². The zero-order chi connectivity index (χ0) is 14.2. The van der Waals surface area contributed by atoms with Crippen LogP contribution in [-0.2, 0) is 0 Å². The van der Waals surface area contributed by atoms with Gasteiger partial charge < -0.3 is 5.32 Å². The van der Waals surface area contributed by atoms with Crippen LogP contribution in [0, 0.1) is 20.8 Å². The van der Waals surface area contributed by atoms with E-state index in [1.54, 1.807) is 0 Å². The molecule has 1 aromatic heterocycles. The number of amides is 1. The van der Waals surface area contributed by atoms with Gasteiger partial charge in [0.15, 0.2) is 0 Å². The Morgan fingerprint density at radius 3 is 2.47 bits per heavy atom. The van der Waals surface area contributed by atoms with Gasteiger partial charge >= 0.3 is 0 Å². The Bertz CT molecular complexity index is 628. The minimum absolute atomic E-state index is 0.171. The first-order valence-electron chi connectivity index (χ1n) is 5.72. The molecule has 0 atom stereocenters. The summed E-state index contributed by atoms with van der Waals surface area (Å²) >= 11 is 11.0. The standard InChI is InChI=1S/C14H13BrClNOS/c1-7-4-8(2)12(10(15)5-7)17-14(18)13-11(16)9(3)6-19-13/h4-6H,1-3H3,(H,17,18). The fraction of sp³-hybridized carbons (Fsp3) is 0.214. The number of rotatable bonds is 2. The van der Waals surface area contributed by atoms with Crippen LogP contribution in [0.3, 0.4) is 0 Å². The lowest BCUT2D eigenvalue weighted by molar-refractivity contribution is 0.103. The fourth-order valence-corrected chi connectivity index (χ4v) is 3.77. The van der Waals surface area contributed by atoms with Gasteiger partial charge in [-0.2, -0.15) is 0 Å². The molecule has 0 aliphatic heterocycles. The van der Waals surface area contributed by atoms with Gasteiger partial charge in [-0.3, -0.25) is 4.79 Å². The van der Waals surface area contributed by atoms with Crippen LogP contribution in [-0.4, -0.2) is 5.91 Å². The van der Waals surface area contributed by atoms with E-state index in [2.05, 4.69) is 21.2 Å². The fourth-order valence-electron chi connectivity index (χ4n) is 1.83. The average Bonchev–Trinajstić information content (AvgIpc) is 2.64. The molecule has 1 amide bonds. The third-order valence-corrected chi connectivity index (χ3v) is 5.10. The number of carbonyl (C=O) groups is 1. The van der Waals surface area contributed by atoms with E-state index in [-0.39, 0.29) is 5.91 Å². The Labute approximate surface area is 129 Å². The molecule has 0 saturated heterocycles. The lowest BCUT2D eigenvalue weighted by atomic mass is 10.1. The largest absolute Gasteiger partial charge is 0.320 e. The summed E-state index contributed by atoms with van der Waals surface area (Å²) in [6.45, 7) is 5.88. The van der Waals surface area contributed by atoms with Crippen LogP contribution >= 0.6 is 38.9 Å². The Balaban J connectivity index is 2.32. The predicted octanol–water partition coefficient (Wildman–Crippen LogP) is 5.34. The molecule has 100 valence electrons. The number of hydrogen-bond acceptors (Lipinski definition) is 2. The highest BCUT2D eigenvalue weighted by Crippen LogP contribution is 2.31. The number of hydrogen-bond donors (Lipinski definition) is 1. The molecule has 1 heterocycles. The van der Waals surface area contributed by atoms with E-state index in [4.69, 9.17) is 11.6 Å². The molecule has 0 unspecified atom stereocenters. The number of halogens is 2. The molecule has 0 saturated carbocycles. The highest BCUT2D eigenvalue weighted by atomic mass is 79.9. The number of nitrogens with one attached hydrogen (secondary N) is 1.